The monoisotopic (exact) mass is 405 g/mol. The van der Waals surface area contributed by atoms with Crippen LogP contribution in [0.4, 0.5) is 0 Å². The second-order valence-electron chi connectivity index (χ2n) is 6.99. The molecule has 1 aliphatic carbocycles. The van der Waals surface area contributed by atoms with Crippen LogP contribution in [0.25, 0.3) is 10.2 Å². The Balaban J connectivity index is 2.01. The van der Waals surface area contributed by atoms with Crippen LogP contribution in [0.3, 0.4) is 0 Å². The molecule has 0 bridgehead atoms. The Morgan fingerprint density at radius 2 is 2.00 bits per heavy atom. The molecule has 0 aliphatic heterocycles. The molecule has 2 aromatic heterocycles. The summed E-state index contributed by atoms with van der Waals surface area (Å²) >= 11 is 3.01. The molecule has 3 rings (SSSR count). The first kappa shape index (κ1) is 20.1. The summed E-state index contributed by atoms with van der Waals surface area (Å²) in [5.74, 6) is 0.368. The maximum absolute atomic E-state index is 13.3. The number of hydrogen-bond acceptors (Lipinski definition) is 5. The van der Waals surface area contributed by atoms with Crippen LogP contribution in [0.1, 0.15) is 44.1 Å². The van der Waals surface area contributed by atoms with E-state index in [0.717, 1.165) is 35.1 Å². The number of aromatic nitrogens is 2. The number of fused-ring (bicyclic) bond motifs is 3. The molecule has 5 nitrogen and oxygen atoms in total. The molecule has 2 heterocycles. The highest BCUT2D eigenvalue weighted by Crippen LogP contribution is 2.34. The maximum Gasteiger partial charge on any atom is 0.263 e. The van der Waals surface area contributed by atoms with Crippen molar-refractivity contribution in [3.63, 3.8) is 0 Å². The molecule has 0 N–H and O–H groups in total. The van der Waals surface area contributed by atoms with E-state index < -0.39 is 0 Å². The number of allylic oxidation sites excluding steroid dienone is 1. The highest BCUT2D eigenvalue weighted by molar-refractivity contribution is 7.99. The van der Waals surface area contributed by atoms with Gasteiger partial charge in [-0.25, -0.2) is 4.98 Å². The highest BCUT2D eigenvalue weighted by atomic mass is 32.2. The molecule has 2 aromatic rings. The average Bonchev–Trinajstić information content (AvgIpc) is 3.01. The van der Waals surface area contributed by atoms with Crippen molar-refractivity contribution in [2.45, 2.75) is 58.2 Å². The fraction of sp³-hybridized carbons (Fsp3) is 0.550. The van der Waals surface area contributed by atoms with Crippen LogP contribution >= 0.6 is 23.1 Å². The van der Waals surface area contributed by atoms with E-state index in [0.29, 0.717) is 30.5 Å². The minimum absolute atomic E-state index is 0.0141. The van der Waals surface area contributed by atoms with E-state index in [4.69, 9.17) is 4.98 Å². The summed E-state index contributed by atoms with van der Waals surface area (Å²) in [5, 5.41) is 1.41. The summed E-state index contributed by atoms with van der Waals surface area (Å²) in [6, 6.07) is 0. The molecule has 0 saturated heterocycles. The highest BCUT2D eigenvalue weighted by Gasteiger charge is 2.23. The summed E-state index contributed by atoms with van der Waals surface area (Å²) in [7, 11) is 0. The van der Waals surface area contributed by atoms with Gasteiger partial charge in [0.25, 0.3) is 5.56 Å². The molecule has 0 radical (unpaired) electrons. The van der Waals surface area contributed by atoms with Crippen molar-refractivity contribution in [2.75, 3.05) is 18.8 Å². The fourth-order valence-corrected chi connectivity index (χ4v) is 5.74. The van der Waals surface area contributed by atoms with Crippen molar-refractivity contribution in [2.24, 2.45) is 0 Å². The van der Waals surface area contributed by atoms with Crippen LogP contribution in [0.2, 0.25) is 0 Å². The lowest BCUT2D eigenvalue weighted by molar-refractivity contribution is -0.127. The van der Waals surface area contributed by atoms with Crippen LogP contribution < -0.4 is 5.56 Å². The van der Waals surface area contributed by atoms with E-state index in [9.17, 15) is 9.59 Å². The molecule has 0 atom stereocenters. The van der Waals surface area contributed by atoms with Gasteiger partial charge < -0.3 is 4.90 Å². The van der Waals surface area contributed by atoms with Crippen molar-refractivity contribution >= 4 is 39.2 Å². The number of thiophene rings is 1. The predicted octanol–water partition coefficient (Wildman–Crippen LogP) is 3.87. The second kappa shape index (κ2) is 8.61. The van der Waals surface area contributed by atoms with Crippen molar-refractivity contribution in [3.05, 3.63) is 32.9 Å². The number of nitrogens with zero attached hydrogens (tertiary/aromatic N) is 3. The maximum atomic E-state index is 13.3. The largest absolute Gasteiger partial charge is 0.343 e. The Hall–Kier alpha value is -1.60. The molecule has 0 aromatic carbocycles. The smallest absolute Gasteiger partial charge is 0.263 e. The third-order valence-electron chi connectivity index (χ3n) is 4.91. The number of hydrogen-bond donors (Lipinski definition) is 0. The van der Waals surface area contributed by atoms with Gasteiger partial charge in [-0.2, -0.15) is 0 Å². The van der Waals surface area contributed by atoms with Crippen molar-refractivity contribution < 1.29 is 4.79 Å². The first-order valence-electron chi connectivity index (χ1n) is 9.56. The van der Waals surface area contributed by atoms with Crippen LogP contribution in [-0.4, -0.2) is 39.2 Å². The van der Waals surface area contributed by atoms with Crippen LogP contribution in [-0.2, 0) is 24.2 Å². The van der Waals surface area contributed by atoms with Gasteiger partial charge in [-0.15, -0.1) is 11.3 Å². The lowest BCUT2D eigenvalue weighted by atomic mass is 9.97. The van der Waals surface area contributed by atoms with E-state index in [1.807, 2.05) is 20.8 Å². The number of carbonyl (C=O) groups excluding carboxylic acids is 1. The summed E-state index contributed by atoms with van der Waals surface area (Å²) in [4.78, 5) is 34.4. The third-order valence-corrected chi connectivity index (χ3v) is 7.06. The zero-order valence-corrected chi connectivity index (χ0v) is 18.0. The van der Waals surface area contributed by atoms with Gasteiger partial charge in [-0.05, 0) is 52.0 Å². The lowest BCUT2D eigenvalue weighted by Gasteiger charge is -2.19. The molecule has 27 heavy (non-hydrogen) atoms. The average molecular weight is 406 g/mol. The quantitative estimate of drug-likeness (QED) is 0.399. The number of carbonyl (C=O) groups is 1. The predicted molar refractivity (Wildman–Crippen MR) is 114 cm³/mol. The molecule has 146 valence electrons. The third kappa shape index (κ3) is 4.14. The topological polar surface area (TPSA) is 55.2 Å². The number of aryl methyl sites for hydroxylation is 2. The zero-order chi connectivity index (χ0) is 19.6. The first-order valence-corrected chi connectivity index (χ1v) is 11.4. The van der Waals surface area contributed by atoms with Crippen LogP contribution in [0, 0.1) is 0 Å². The summed E-state index contributed by atoms with van der Waals surface area (Å²) in [6.45, 7) is 11.7. The second-order valence-corrected chi connectivity index (χ2v) is 9.01. The number of thioether (sulfide) groups is 1. The van der Waals surface area contributed by atoms with Gasteiger partial charge in [0.2, 0.25) is 5.91 Å². The Morgan fingerprint density at radius 3 is 2.67 bits per heavy atom. The standard InChI is InChI=1S/C20H27N3O2S2/c1-5-22(6-2)16(24)12-26-20-21-18-17(19(25)23(20)11-13(3)4)14-9-7-8-10-15(14)27-18/h3,5-12H2,1-2,4H3. The van der Waals surface area contributed by atoms with Gasteiger partial charge in [0.05, 0.1) is 11.1 Å². The summed E-state index contributed by atoms with van der Waals surface area (Å²) in [6.07, 6.45) is 4.32. The van der Waals surface area contributed by atoms with Crippen molar-refractivity contribution in [3.8, 4) is 0 Å². The van der Waals surface area contributed by atoms with Gasteiger partial charge in [0.15, 0.2) is 5.16 Å². The minimum atomic E-state index is 0.0141. The van der Waals surface area contributed by atoms with Gasteiger partial charge in [-0.1, -0.05) is 23.9 Å². The first-order chi connectivity index (χ1) is 13.0. The Labute approximate surface area is 168 Å². The SMILES string of the molecule is C=C(C)Cn1c(SCC(=O)N(CC)CC)nc2sc3c(c2c1=O)CCCC3. The lowest BCUT2D eigenvalue weighted by Crippen LogP contribution is -2.32. The summed E-state index contributed by atoms with van der Waals surface area (Å²) < 4.78 is 1.70. The fourth-order valence-electron chi connectivity index (χ4n) is 3.53. The van der Waals surface area contributed by atoms with E-state index in [1.54, 1.807) is 20.8 Å². The summed E-state index contributed by atoms with van der Waals surface area (Å²) in [5.41, 5.74) is 2.12. The molecule has 1 aliphatic rings. The molecular formula is C20H27N3O2S2. The van der Waals surface area contributed by atoms with Gasteiger partial charge in [-0.3, -0.25) is 14.2 Å². The van der Waals surface area contributed by atoms with E-state index in [-0.39, 0.29) is 11.5 Å². The zero-order valence-electron chi connectivity index (χ0n) is 16.3. The Bertz CT molecular complexity index is 925. The molecule has 0 fully saturated rings. The molecule has 1 amide bonds. The molecule has 0 spiro atoms. The molecule has 0 saturated carbocycles. The minimum Gasteiger partial charge on any atom is -0.343 e. The Kier molecular flexibility index (Phi) is 6.42. The molecule has 7 heteroatoms. The molecule has 0 unspecified atom stereocenters. The molecular weight excluding hydrogens is 378 g/mol. The Morgan fingerprint density at radius 1 is 1.30 bits per heavy atom. The van der Waals surface area contributed by atoms with Gasteiger partial charge in [0, 0.05) is 24.5 Å². The van der Waals surface area contributed by atoms with Crippen LogP contribution in [0.15, 0.2) is 22.1 Å². The normalized spacial score (nSPS) is 13.6. The van der Waals surface area contributed by atoms with Crippen molar-refractivity contribution in [1.82, 2.24) is 14.5 Å². The van der Waals surface area contributed by atoms with Gasteiger partial charge >= 0.3 is 0 Å². The van der Waals surface area contributed by atoms with Crippen LogP contribution in [0.5, 0.6) is 0 Å². The van der Waals surface area contributed by atoms with E-state index in [2.05, 4.69) is 6.58 Å². The van der Waals surface area contributed by atoms with Crippen molar-refractivity contribution in [1.29, 1.82) is 0 Å². The number of rotatable bonds is 7. The van der Waals surface area contributed by atoms with Gasteiger partial charge in [0.1, 0.15) is 4.83 Å². The van der Waals surface area contributed by atoms with E-state index >= 15 is 0 Å². The number of amides is 1. The van der Waals surface area contributed by atoms with E-state index in [1.165, 1.54) is 28.6 Å².